The van der Waals surface area contributed by atoms with E-state index in [1.807, 2.05) is 0 Å². The Balaban J connectivity index is 2.08. The van der Waals surface area contributed by atoms with Crippen LogP contribution in [0.3, 0.4) is 0 Å². The molecule has 2 aliphatic heterocycles. The van der Waals surface area contributed by atoms with Crippen LogP contribution in [0.4, 0.5) is 0 Å². The predicted molar refractivity (Wildman–Crippen MR) is 76.1 cm³/mol. The SMILES string of the molecule is CCCCCNC1(OC)C(=O)N2C(C(=O)O)=CCS[C@H]21. The van der Waals surface area contributed by atoms with Gasteiger partial charge in [0, 0.05) is 12.9 Å². The molecule has 0 aromatic rings. The number of hydrogen-bond donors (Lipinski definition) is 2. The number of thioether (sulfide) groups is 1. The fourth-order valence-electron chi connectivity index (χ4n) is 2.51. The standard InChI is InChI=1S/C13H20N2O4S/c1-3-4-5-7-14-13(19-2)11(18)15-9(10(16)17)6-8-20-12(13)15/h6,12,14H,3-5,7-8H2,1-2H3,(H,16,17)/t12-,13?/m0/s1. The molecular weight excluding hydrogens is 280 g/mol. The Kier molecular flexibility index (Phi) is 4.72. The van der Waals surface area contributed by atoms with E-state index in [2.05, 4.69) is 12.2 Å². The minimum absolute atomic E-state index is 0.0572. The second-order valence-electron chi connectivity index (χ2n) is 4.83. The van der Waals surface area contributed by atoms with Crippen molar-refractivity contribution >= 4 is 23.6 Å². The maximum Gasteiger partial charge on any atom is 0.352 e. The van der Waals surface area contributed by atoms with Crippen LogP contribution in [-0.2, 0) is 14.3 Å². The molecule has 2 N–H and O–H groups in total. The Hall–Kier alpha value is -1.05. The number of nitrogens with zero attached hydrogens (tertiary/aromatic N) is 1. The highest BCUT2D eigenvalue weighted by atomic mass is 32.2. The van der Waals surface area contributed by atoms with Crippen molar-refractivity contribution in [2.24, 2.45) is 0 Å². The lowest BCUT2D eigenvalue weighted by Gasteiger charge is -2.55. The summed E-state index contributed by atoms with van der Waals surface area (Å²) in [5, 5.41) is 12.0. The van der Waals surface area contributed by atoms with Crippen molar-refractivity contribution in [1.29, 1.82) is 0 Å². The number of rotatable bonds is 7. The zero-order chi connectivity index (χ0) is 14.8. The van der Waals surface area contributed by atoms with Crippen molar-refractivity contribution in [3.63, 3.8) is 0 Å². The second kappa shape index (κ2) is 6.15. The molecule has 1 fully saturated rings. The van der Waals surface area contributed by atoms with Gasteiger partial charge in [0.1, 0.15) is 11.1 Å². The molecule has 0 aliphatic carbocycles. The summed E-state index contributed by atoms with van der Waals surface area (Å²) in [5.74, 6) is -0.820. The third kappa shape index (κ3) is 2.34. The van der Waals surface area contributed by atoms with E-state index in [1.54, 1.807) is 6.08 Å². The van der Waals surface area contributed by atoms with Gasteiger partial charge in [0.05, 0.1) is 0 Å². The molecule has 2 atom stereocenters. The van der Waals surface area contributed by atoms with Crippen LogP contribution in [0.2, 0.25) is 0 Å². The molecule has 2 heterocycles. The predicted octanol–water partition coefficient (Wildman–Crippen LogP) is 0.992. The first-order chi connectivity index (χ1) is 9.58. The van der Waals surface area contributed by atoms with Crippen LogP contribution < -0.4 is 5.32 Å². The summed E-state index contributed by atoms with van der Waals surface area (Å²) in [5.41, 5.74) is -1.02. The maximum atomic E-state index is 12.3. The number of ether oxygens (including phenoxy) is 1. The molecule has 1 saturated heterocycles. The Bertz CT molecular complexity index is 440. The number of carbonyl (C=O) groups excluding carboxylic acids is 1. The van der Waals surface area contributed by atoms with Gasteiger partial charge in [-0.1, -0.05) is 19.8 Å². The molecule has 20 heavy (non-hydrogen) atoms. The largest absolute Gasteiger partial charge is 0.477 e. The number of hydrogen-bond acceptors (Lipinski definition) is 5. The summed E-state index contributed by atoms with van der Waals surface area (Å²) < 4.78 is 5.42. The number of unbranched alkanes of at least 4 members (excludes halogenated alkanes) is 2. The summed E-state index contributed by atoms with van der Waals surface area (Å²) in [4.78, 5) is 24.8. The smallest absolute Gasteiger partial charge is 0.352 e. The van der Waals surface area contributed by atoms with E-state index in [4.69, 9.17) is 9.84 Å². The van der Waals surface area contributed by atoms with Gasteiger partial charge in [-0.3, -0.25) is 15.0 Å². The number of fused-ring (bicyclic) bond motifs is 1. The lowest BCUT2D eigenvalue weighted by molar-refractivity contribution is -0.190. The number of aliphatic carboxylic acids is 1. The highest BCUT2D eigenvalue weighted by Crippen LogP contribution is 2.44. The minimum atomic E-state index is -1.08. The monoisotopic (exact) mass is 300 g/mol. The van der Waals surface area contributed by atoms with Crippen molar-refractivity contribution in [3.8, 4) is 0 Å². The summed E-state index contributed by atoms with van der Waals surface area (Å²) in [6.07, 6.45) is 4.72. The van der Waals surface area contributed by atoms with Crippen molar-refractivity contribution in [2.75, 3.05) is 19.4 Å². The zero-order valence-electron chi connectivity index (χ0n) is 11.7. The number of carboxylic acid groups (broad SMARTS) is 1. The molecule has 0 radical (unpaired) electrons. The lowest BCUT2D eigenvalue weighted by Crippen LogP contribution is -2.79. The van der Waals surface area contributed by atoms with Crippen LogP contribution >= 0.6 is 11.8 Å². The summed E-state index contributed by atoms with van der Waals surface area (Å²) in [7, 11) is 1.49. The van der Waals surface area contributed by atoms with Crippen LogP contribution in [0, 0.1) is 0 Å². The third-order valence-electron chi connectivity index (χ3n) is 3.62. The van der Waals surface area contributed by atoms with E-state index in [0.717, 1.165) is 19.3 Å². The number of carboxylic acids is 1. The highest BCUT2D eigenvalue weighted by molar-refractivity contribution is 8.00. The molecule has 1 amide bonds. The molecule has 112 valence electrons. The van der Waals surface area contributed by atoms with Crippen LogP contribution in [0.1, 0.15) is 26.2 Å². The van der Waals surface area contributed by atoms with Crippen LogP contribution in [0.5, 0.6) is 0 Å². The Morgan fingerprint density at radius 3 is 3.00 bits per heavy atom. The van der Waals surface area contributed by atoms with Crippen LogP contribution in [-0.4, -0.2) is 52.4 Å². The Morgan fingerprint density at radius 2 is 2.40 bits per heavy atom. The van der Waals surface area contributed by atoms with Gasteiger partial charge >= 0.3 is 5.97 Å². The van der Waals surface area contributed by atoms with Gasteiger partial charge in [0.15, 0.2) is 0 Å². The second-order valence-corrected chi connectivity index (χ2v) is 5.94. The van der Waals surface area contributed by atoms with Gasteiger partial charge in [0.25, 0.3) is 5.91 Å². The molecule has 1 unspecified atom stereocenters. The number of amides is 1. The van der Waals surface area contributed by atoms with Crippen molar-refractivity contribution in [1.82, 2.24) is 10.2 Å². The molecule has 0 bridgehead atoms. The Labute approximate surface area is 122 Å². The molecule has 2 rings (SSSR count). The quantitative estimate of drug-likeness (QED) is 0.415. The number of nitrogens with one attached hydrogen (secondary N) is 1. The number of carbonyl (C=O) groups is 2. The van der Waals surface area contributed by atoms with Crippen LogP contribution in [0.25, 0.3) is 0 Å². The number of β-lactam (4-membered cyclic amide) rings is 1. The van der Waals surface area contributed by atoms with Gasteiger partial charge in [-0.25, -0.2) is 4.79 Å². The van der Waals surface area contributed by atoms with Gasteiger partial charge < -0.3 is 9.84 Å². The molecule has 0 saturated carbocycles. The molecule has 0 spiro atoms. The summed E-state index contributed by atoms with van der Waals surface area (Å²) in [6, 6.07) is 0. The van der Waals surface area contributed by atoms with Gasteiger partial charge in [-0.2, -0.15) is 0 Å². The van der Waals surface area contributed by atoms with E-state index in [9.17, 15) is 9.59 Å². The average Bonchev–Trinajstić information content (AvgIpc) is 2.46. The molecule has 0 aromatic heterocycles. The molecule has 6 nitrogen and oxygen atoms in total. The van der Waals surface area contributed by atoms with E-state index >= 15 is 0 Å². The van der Waals surface area contributed by atoms with Gasteiger partial charge in [0.2, 0.25) is 5.72 Å². The fraction of sp³-hybridized carbons (Fsp3) is 0.692. The van der Waals surface area contributed by atoms with E-state index < -0.39 is 11.7 Å². The van der Waals surface area contributed by atoms with Crippen LogP contribution in [0.15, 0.2) is 11.8 Å². The van der Waals surface area contributed by atoms with Gasteiger partial charge in [-0.15, -0.1) is 11.8 Å². The maximum absolute atomic E-state index is 12.3. The lowest BCUT2D eigenvalue weighted by atomic mass is 9.99. The summed E-state index contributed by atoms with van der Waals surface area (Å²) >= 11 is 1.51. The first-order valence-electron chi connectivity index (χ1n) is 6.77. The average molecular weight is 300 g/mol. The van der Waals surface area contributed by atoms with Crippen molar-refractivity contribution < 1.29 is 19.4 Å². The van der Waals surface area contributed by atoms with E-state index in [0.29, 0.717) is 12.3 Å². The topological polar surface area (TPSA) is 78.9 Å². The first kappa shape index (κ1) is 15.3. The molecule has 0 aromatic carbocycles. The normalized spacial score (nSPS) is 28.7. The summed E-state index contributed by atoms with van der Waals surface area (Å²) in [6.45, 7) is 2.80. The zero-order valence-corrected chi connectivity index (χ0v) is 12.5. The minimum Gasteiger partial charge on any atom is -0.477 e. The van der Waals surface area contributed by atoms with E-state index in [-0.39, 0.29) is 17.0 Å². The Morgan fingerprint density at radius 1 is 1.65 bits per heavy atom. The van der Waals surface area contributed by atoms with Crippen molar-refractivity contribution in [3.05, 3.63) is 11.8 Å². The number of methoxy groups -OCH3 is 1. The first-order valence-corrected chi connectivity index (χ1v) is 7.82. The molecule has 2 aliphatic rings. The fourth-order valence-corrected chi connectivity index (χ4v) is 3.82. The van der Waals surface area contributed by atoms with Gasteiger partial charge in [-0.05, 0) is 19.0 Å². The molecular formula is C13H20N2O4S. The highest BCUT2D eigenvalue weighted by Gasteiger charge is 2.64. The van der Waals surface area contributed by atoms with Crippen molar-refractivity contribution in [2.45, 2.75) is 37.3 Å². The van der Waals surface area contributed by atoms with E-state index in [1.165, 1.54) is 23.8 Å². The molecule has 7 heteroatoms. The third-order valence-corrected chi connectivity index (χ3v) is 4.84.